The van der Waals surface area contributed by atoms with E-state index in [-0.39, 0.29) is 12.2 Å². The quantitative estimate of drug-likeness (QED) is 0.574. The molecule has 0 aromatic carbocycles. The fourth-order valence-corrected chi connectivity index (χ4v) is 1.27. The van der Waals surface area contributed by atoms with Gasteiger partial charge in [0.05, 0.1) is 5.75 Å². The maximum absolute atomic E-state index is 11.0. The van der Waals surface area contributed by atoms with E-state index in [2.05, 4.69) is 5.32 Å². The minimum absolute atomic E-state index is 0.0695. The Balaban J connectivity index is 3.75. The van der Waals surface area contributed by atoms with E-state index in [0.29, 0.717) is 6.54 Å². The number of nitrogens with one attached hydrogen (secondary N) is 2. The minimum Gasteiger partial charge on any atom is -0.316 e. The zero-order valence-corrected chi connectivity index (χ0v) is 8.78. The van der Waals surface area contributed by atoms with Gasteiger partial charge in [-0.15, -0.1) is 0 Å². The SMILES string of the molecule is CCNCCC(=O)NS(=O)(=O)CC. The van der Waals surface area contributed by atoms with Gasteiger partial charge < -0.3 is 5.32 Å². The van der Waals surface area contributed by atoms with Crippen molar-refractivity contribution in [3.05, 3.63) is 0 Å². The molecule has 0 aromatic heterocycles. The molecule has 0 fully saturated rings. The van der Waals surface area contributed by atoms with E-state index in [1.54, 1.807) is 0 Å². The van der Waals surface area contributed by atoms with Crippen molar-refractivity contribution < 1.29 is 13.2 Å². The Hall–Kier alpha value is -0.620. The third-order valence-electron chi connectivity index (χ3n) is 1.43. The summed E-state index contributed by atoms with van der Waals surface area (Å²) in [6.07, 6.45) is 0.188. The van der Waals surface area contributed by atoms with Gasteiger partial charge in [-0.1, -0.05) is 6.92 Å². The van der Waals surface area contributed by atoms with Gasteiger partial charge in [-0.2, -0.15) is 0 Å². The minimum atomic E-state index is -3.38. The molecule has 0 aliphatic heterocycles. The van der Waals surface area contributed by atoms with Gasteiger partial charge >= 0.3 is 0 Å². The largest absolute Gasteiger partial charge is 0.316 e. The van der Waals surface area contributed by atoms with Crippen molar-refractivity contribution in [3.8, 4) is 0 Å². The normalized spacial score (nSPS) is 11.2. The van der Waals surface area contributed by atoms with Gasteiger partial charge in [-0.25, -0.2) is 8.42 Å². The number of hydrogen-bond acceptors (Lipinski definition) is 4. The van der Waals surface area contributed by atoms with Crippen molar-refractivity contribution in [3.63, 3.8) is 0 Å². The Labute approximate surface area is 79.0 Å². The molecular formula is C7H16N2O3S. The maximum atomic E-state index is 11.0. The highest BCUT2D eigenvalue weighted by atomic mass is 32.2. The first kappa shape index (κ1) is 12.4. The summed E-state index contributed by atoms with van der Waals surface area (Å²) in [4.78, 5) is 11.0. The van der Waals surface area contributed by atoms with Crippen LogP contribution in [0.2, 0.25) is 0 Å². The molecule has 13 heavy (non-hydrogen) atoms. The molecular weight excluding hydrogens is 192 g/mol. The summed E-state index contributed by atoms with van der Waals surface area (Å²) in [5.41, 5.74) is 0. The van der Waals surface area contributed by atoms with E-state index in [9.17, 15) is 13.2 Å². The summed E-state index contributed by atoms with van der Waals surface area (Å²) in [6.45, 7) is 4.68. The molecule has 0 saturated heterocycles. The van der Waals surface area contributed by atoms with Gasteiger partial charge in [-0.3, -0.25) is 9.52 Å². The predicted octanol–water partition coefficient (Wildman–Crippen LogP) is -0.548. The van der Waals surface area contributed by atoms with Gasteiger partial charge in [0.15, 0.2) is 0 Å². The summed E-state index contributed by atoms with van der Waals surface area (Å²) in [5, 5.41) is 2.93. The van der Waals surface area contributed by atoms with Gasteiger partial charge in [0.2, 0.25) is 15.9 Å². The summed E-state index contributed by atoms with van der Waals surface area (Å²) in [5.74, 6) is -0.525. The van der Waals surface area contributed by atoms with E-state index in [4.69, 9.17) is 0 Å². The van der Waals surface area contributed by atoms with Crippen LogP contribution in [0.15, 0.2) is 0 Å². The first-order chi connectivity index (χ1) is 6.02. The molecule has 5 nitrogen and oxygen atoms in total. The molecule has 0 radical (unpaired) electrons. The Morgan fingerprint density at radius 1 is 1.31 bits per heavy atom. The topological polar surface area (TPSA) is 75.3 Å². The molecule has 0 saturated carbocycles. The van der Waals surface area contributed by atoms with Crippen LogP contribution in [0, 0.1) is 0 Å². The van der Waals surface area contributed by atoms with Crippen LogP contribution in [0.25, 0.3) is 0 Å². The highest BCUT2D eigenvalue weighted by molar-refractivity contribution is 7.90. The molecule has 0 bridgehead atoms. The lowest BCUT2D eigenvalue weighted by Crippen LogP contribution is -2.33. The van der Waals surface area contributed by atoms with Gasteiger partial charge in [0.1, 0.15) is 0 Å². The van der Waals surface area contributed by atoms with E-state index in [1.165, 1.54) is 6.92 Å². The van der Waals surface area contributed by atoms with Gasteiger partial charge in [0.25, 0.3) is 0 Å². The molecule has 0 rings (SSSR count). The van der Waals surface area contributed by atoms with E-state index < -0.39 is 15.9 Å². The lowest BCUT2D eigenvalue weighted by atomic mass is 10.4. The molecule has 2 N–H and O–H groups in total. The van der Waals surface area contributed by atoms with Gasteiger partial charge in [-0.05, 0) is 13.5 Å². The average molecular weight is 208 g/mol. The van der Waals surface area contributed by atoms with Crippen LogP contribution in [0.3, 0.4) is 0 Å². The number of hydrogen-bond donors (Lipinski definition) is 2. The number of carbonyl (C=O) groups excluding carboxylic acids is 1. The van der Waals surface area contributed by atoms with E-state index >= 15 is 0 Å². The summed E-state index contributed by atoms with van der Waals surface area (Å²) < 4.78 is 23.7. The second-order valence-corrected chi connectivity index (χ2v) is 4.54. The monoisotopic (exact) mass is 208 g/mol. The first-order valence-corrected chi connectivity index (χ1v) is 5.91. The van der Waals surface area contributed by atoms with E-state index in [1.807, 2.05) is 11.6 Å². The Morgan fingerprint density at radius 2 is 1.92 bits per heavy atom. The van der Waals surface area contributed by atoms with E-state index in [0.717, 1.165) is 6.54 Å². The molecule has 0 atom stereocenters. The van der Waals surface area contributed by atoms with Crippen LogP contribution in [0.5, 0.6) is 0 Å². The van der Waals surface area contributed by atoms with Crippen LogP contribution in [-0.2, 0) is 14.8 Å². The summed E-state index contributed by atoms with van der Waals surface area (Å²) >= 11 is 0. The molecule has 0 aliphatic rings. The van der Waals surface area contributed by atoms with Crippen LogP contribution in [0.1, 0.15) is 20.3 Å². The summed E-state index contributed by atoms with van der Waals surface area (Å²) in [7, 11) is -3.38. The molecule has 78 valence electrons. The van der Waals surface area contributed by atoms with Gasteiger partial charge in [0, 0.05) is 13.0 Å². The van der Waals surface area contributed by atoms with Crippen molar-refractivity contribution >= 4 is 15.9 Å². The smallest absolute Gasteiger partial charge is 0.234 e. The van der Waals surface area contributed by atoms with Crippen LogP contribution >= 0.6 is 0 Å². The Morgan fingerprint density at radius 3 is 2.38 bits per heavy atom. The third kappa shape index (κ3) is 6.53. The van der Waals surface area contributed by atoms with Crippen LogP contribution in [0.4, 0.5) is 0 Å². The zero-order chi connectivity index (χ0) is 10.3. The molecule has 0 heterocycles. The standard InChI is InChI=1S/C7H16N2O3S/c1-3-8-6-5-7(10)9-13(11,12)4-2/h8H,3-6H2,1-2H3,(H,9,10). The molecule has 1 amide bonds. The van der Waals surface area contributed by atoms with Crippen molar-refractivity contribution in [2.45, 2.75) is 20.3 Å². The highest BCUT2D eigenvalue weighted by Crippen LogP contribution is 1.85. The van der Waals surface area contributed by atoms with Crippen molar-refractivity contribution in [2.75, 3.05) is 18.8 Å². The average Bonchev–Trinajstić information content (AvgIpc) is 2.04. The number of sulfonamides is 1. The highest BCUT2D eigenvalue weighted by Gasteiger charge is 2.10. The number of carbonyl (C=O) groups is 1. The van der Waals surface area contributed by atoms with Crippen molar-refractivity contribution in [2.24, 2.45) is 0 Å². The fraction of sp³-hybridized carbons (Fsp3) is 0.857. The van der Waals surface area contributed by atoms with Crippen molar-refractivity contribution in [1.29, 1.82) is 0 Å². The maximum Gasteiger partial charge on any atom is 0.234 e. The zero-order valence-electron chi connectivity index (χ0n) is 7.96. The third-order valence-corrected chi connectivity index (χ3v) is 2.73. The Bertz CT molecular complexity index is 248. The second-order valence-electron chi connectivity index (χ2n) is 2.53. The molecule has 6 heteroatoms. The number of rotatable bonds is 6. The molecule has 0 aromatic rings. The second kappa shape index (κ2) is 5.93. The molecule has 0 aliphatic carbocycles. The lowest BCUT2D eigenvalue weighted by molar-refractivity contribution is -0.119. The van der Waals surface area contributed by atoms with Crippen LogP contribution in [-0.4, -0.2) is 33.2 Å². The van der Waals surface area contributed by atoms with Crippen LogP contribution < -0.4 is 10.0 Å². The predicted molar refractivity (Wildman–Crippen MR) is 50.8 cm³/mol. The Kier molecular flexibility index (Phi) is 5.65. The number of amides is 1. The molecule has 0 unspecified atom stereocenters. The molecule has 0 spiro atoms. The lowest BCUT2D eigenvalue weighted by Gasteiger charge is -2.04. The summed E-state index contributed by atoms with van der Waals surface area (Å²) in [6, 6.07) is 0. The van der Waals surface area contributed by atoms with Crippen molar-refractivity contribution in [1.82, 2.24) is 10.0 Å². The first-order valence-electron chi connectivity index (χ1n) is 4.26. The fourth-order valence-electron chi connectivity index (χ4n) is 0.675.